The molecule has 0 saturated heterocycles. The van der Waals surface area contributed by atoms with E-state index >= 15 is 0 Å². The summed E-state index contributed by atoms with van der Waals surface area (Å²) in [6.07, 6.45) is 18.8. The zero-order valence-corrected chi connectivity index (χ0v) is 18.3. The van der Waals surface area contributed by atoms with Gasteiger partial charge in [-0.15, -0.1) is 0 Å². The van der Waals surface area contributed by atoms with Crippen LogP contribution in [-0.2, 0) is 0 Å². The average molecular weight is 371 g/mol. The summed E-state index contributed by atoms with van der Waals surface area (Å²) in [4.78, 5) is 0. The van der Waals surface area contributed by atoms with E-state index in [1.54, 1.807) is 0 Å². The lowest BCUT2D eigenvalue weighted by Crippen LogP contribution is -2.64. The monoisotopic (exact) mass is 370 g/mol. The molecular weight excluding hydrogens is 328 g/mol. The van der Waals surface area contributed by atoms with Crippen molar-refractivity contribution in [3.63, 3.8) is 0 Å². The molecule has 1 N–H and O–H groups in total. The van der Waals surface area contributed by atoms with E-state index in [0.717, 1.165) is 29.6 Å². The van der Waals surface area contributed by atoms with Crippen LogP contribution in [-0.4, -0.2) is 11.7 Å². The Balaban J connectivity index is 1.54. The van der Waals surface area contributed by atoms with Crippen LogP contribution in [0.3, 0.4) is 0 Å². The van der Waals surface area contributed by atoms with Gasteiger partial charge in [0.1, 0.15) is 0 Å². The molecule has 0 spiro atoms. The first kappa shape index (κ1) is 18.7. The molecule has 1 heteroatoms. The summed E-state index contributed by atoms with van der Waals surface area (Å²) in [7, 11) is 0. The summed E-state index contributed by atoms with van der Waals surface area (Å²) in [6, 6.07) is 0. The molecular formula is C26H42O. The van der Waals surface area contributed by atoms with E-state index < -0.39 is 0 Å². The van der Waals surface area contributed by atoms with Gasteiger partial charge in [-0.1, -0.05) is 46.3 Å². The maximum atomic E-state index is 10.3. The molecule has 1 nitrogen and oxygen atoms in total. The molecule has 4 saturated carbocycles. The first-order valence-electron chi connectivity index (χ1n) is 12.1. The van der Waals surface area contributed by atoms with Crippen LogP contribution in [0.5, 0.6) is 0 Å². The fourth-order valence-corrected chi connectivity index (χ4v) is 10.2. The predicted octanol–water partition coefficient (Wildman–Crippen LogP) is 6.61. The van der Waals surface area contributed by atoms with Crippen molar-refractivity contribution in [2.24, 2.45) is 51.2 Å². The molecule has 0 aromatic heterocycles. The lowest BCUT2D eigenvalue weighted by molar-refractivity contribution is -0.221. The highest BCUT2D eigenvalue weighted by Gasteiger charge is 2.68. The Hall–Kier alpha value is -0.300. The zero-order valence-electron chi connectivity index (χ0n) is 18.3. The summed E-state index contributed by atoms with van der Waals surface area (Å²) in [6.45, 7) is 11.0. The van der Waals surface area contributed by atoms with E-state index in [-0.39, 0.29) is 5.41 Å². The zero-order chi connectivity index (χ0) is 19.1. The van der Waals surface area contributed by atoms with Crippen molar-refractivity contribution in [2.75, 3.05) is 6.61 Å². The van der Waals surface area contributed by atoms with Crippen LogP contribution in [0.2, 0.25) is 0 Å². The van der Waals surface area contributed by atoms with Crippen molar-refractivity contribution in [3.8, 4) is 0 Å². The van der Waals surface area contributed by atoms with Gasteiger partial charge in [-0.25, -0.2) is 0 Å². The van der Waals surface area contributed by atoms with Gasteiger partial charge in [0.05, 0.1) is 0 Å². The lowest BCUT2D eigenvalue weighted by Gasteiger charge is -2.71. The van der Waals surface area contributed by atoms with Crippen molar-refractivity contribution in [2.45, 2.75) is 91.9 Å². The van der Waals surface area contributed by atoms with Gasteiger partial charge in [-0.05, 0) is 109 Å². The Kier molecular flexibility index (Phi) is 4.07. The third-order valence-electron chi connectivity index (χ3n) is 11.8. The van der Waals surface area contributed by atoms with E-state index in [0.29, 0.717) is 22.9 Å². The summed E-state index contributed by atoms with van der Waals surface area (Å²) in [5.74, 6) is 4.21. The second kappa shape index (κ2) is 5.87. The number of hydrogen-bond donors (Lipinski definition) is 1. The van der Waals surface area contributed by atoms with Crippen molar-refractivity contribution in [1.82, 2.24) is 0 Å². The Morgan fingerprint density at radius 1 is 0.852 bits per heavy atom. The first-order valence-corrected chi connectivity index (χ1v) is 12.1. The number of rotatable bonds is 1. The molecule has 27 heavy (non-hydrogen) atoms. The van der Waals surface area contributed by atoms with Gasteiger partial charge in [-0.2, -0.15) is 0 Å². The molecule has 0 bridgehead atoms. The molecule has 5 aliphatic carbocycles. The molecule has 0 amide bonds. The molecule has 5 rings (SSSR count). The Labute approximate surface area is 167 Å². The molecule has 5 aliphatic rings. The molecule has 0 heterocycles. The topological polar surface area (TPSA) is 20.2 Å². The van der Waals surface area contributed by atoms with Crippen LogP contribution in [0.4, 0.5) is 0 Å². The van der Waals surface area contributed by atoms with E-state index in [4.69, 9.17) is 0 Å². The Morgan fingerprint density at radius 3 is 2.44 bits per heavy atom. The number of hydrogen-bond acceptors (Lipinski definition) is 1. The molecule has 8 unspecified atom stereocenters. The smallest absolute Gasteiger partial charge is 0.0490 e. The predicted molar refractivity (Wildman–Crippen MR) is 112 cm³/mol. The Morgan fingerprint density at radius 2 is 1.67 bits per heavy atom. The largest absolute Gasteiger partial charge is 0.396 e. The van der Waals surface area contributed by atoms with Crippen molar-refractivity contribution in [1.29, 1.82) is 0 Å². The second-order valence-electron chi connectivity index (χ2n) is 12.2. The van der Waals surface area contributed by atoms with Crippen LogP contribution < -0.4 is 0 Å². The van der Waals surface area contributed by atoms with Gasteiger partial charge >= 0.3 is 0 Å². The SMILES string of the molecule is CC1C=CCC2(C)C1CCC1(C)C2CCC2C3CCCC3(CO)CC[C@]21C. The van der Waals surface area contributed by atoms with Crippen molar-refractivity contribution in [3.05, 3.63) is 12.2 Å². The average Bonchev–Trinajstić information content (AvgIpc) is 3.07. The maximum absolute atomic E-state index is 10.3. The van der Waals surface area contributed by atoms with Crippen LogP contribution in [0, 0.1) is 51.2 Å². The van der Waals surface area contributed by atoms with Gasteiger partial charge in [0.2, 0.25) is 0 Å². The molecule has 0 aliphatic heterocycles. The molecule has 0 aromatic carbocycles. The third-order valence-corrected chi connectivity index (χ3v) is 11.8. The van der Waals surface area contributed by atoms with Crippen LogP contribution in [0.1, 0.15) is 91.9 Å². The summed E-state index contributed by atoms with van der Waals surface area (Å²) < 4.78 is 0. The van der Waals surface area contributed by atoms with Gasteiger partial charge in [0.15, 0.2) is 0 Å². The molecule has 9 atom stereocenters. The van der Waals surface area contributed by atoms with E-state index in [9.17, 15) is 5.11 Å². The van der Waals surface area contributed by atoms with Crippen LogP contribution in [0.15, 0.2) is 12.2 Å². The normalized spacial score (nSPS) is 59.5. The lowest BCUT2D eigenvalue weighted by atomic mass is 9.34. The highest BCUT2D eigenvalue weighted by atomic mass is 16.3. The van der Waals surface area contributed by atoms with Crippen LogP contribution >= 0.6 is 0 Å². The van der Waals surface area contributed by atoms with Crippen molar-refractivity contribution < 1.29 is 5.11 Å². The van der Waals surface area contributed by atoms with Crippen molar-refractivity contribution >= 4 is 0 Å². The van der Waals surface area contributed by atoms with E-state index in [1.165, 1.54) is 64.2 Å². The summed E-state index contributed by atoms with van der Waals surface area (Å²) in [5.41, 5.74) is 1.78. The van der Waals surface area contributed by atoms with Gasteiger partial charge in [0.25, 0.3) is 0 Å². The number of aliphatic hydroxyl groups is 1. The van der Waals surface area contributed by atoms with Crippen LogP contribution in [0.25, 0.3) is 0 Å². The number of fused-ring (bicyclic) bond motifs is 7. The fourth-order valence-electron chi connectivity index (χ4n) is 10.2. The van der Waals surface area contributed by atoms with Gasteiger partial charge < -0.3 is 5.11 Å². The highest BCUT2D eigenvalue weighted by Crippen LogP contribution is 2.75. The Bertz CT molecular complexity index is 638. The van der Waals surface area contributed by atoms with E-state index in [1.807, 2.05) is 0 Å². The number of aliphatic hydroxyl groups excluding tert-OH is 1. The molecule has 4 fully saturated rings. The highest BCUT2D eigenvalue weighted by molar-refractivity contribution is 5.19. The number of allylic oxidation sites excluding steroid dienone is 2. The minimum atomic E-state index is 0.288. The summed E-state index contributed by atoms with van der Waals surface area (Å²) >= 11 is 0. The minimum absolute atomic E-state index is 0.288. The second-order valence-corrected chi connectivity index (χ2v) is 12.2. The molecule has 0 aromatic rings. The molecule has 152 valence electrons. The van der Waals surface area contributed by atoms with Gasteiger partial charge in [-0.3, -0.25) is 0 Å². The van der Waals surface area contributed by atoms with E-state index in [2.05, 4.69) is 39.8 Å². The maximum Gasteiger partial charge on any atom is 0.0490 e. The fraction of sp³-hybridized carbons (Fsp3) is 0.923. The van der Waals surface area contributed by atoms with Gasteiger partial charge in [0, 0.05) is 6.61 Å². The molecule has 0 radical (unpaired) electrons. The first-order chi connectivity index (χ1) is 12.8. The third kappa shape index (κ3) is 2.16. The summed E-state index contributed by atoms with van der Waals surface area (Å²) in [5, 5.41) is 10.3. The minimum Gasteiger partial charge on any atom is -0.396 e. The standard InChI is InChI=1S/C26H42O/c1-18-7-5-12-23(2)19(18)11-14-25(4)22(23)10-9-20-21-8-6-13-26(21,17-27)16-15-24(20,25)3/h5,7,18-22,27H,6,8-17H2,1-4H3/t18?,19?,20?,21?,22?,23?,24-,25?,26?/m1/s1. The quantitative estimate of drug-likeness (QED) is 0.515.